The van der Waals surface area contributed by atoms with Gasteiger partial charge in [0, 0.05) is 17.8 Å². The van der Waals surface area contributed by atoms with Crippen LogP contribution in [0.1, 0.15) is 71.1 Å². The molecule has 0 aliphatic heterocycles. The Hall–Kier alpha value is -1.88. The van der Waals surface area contributed by atoms with E-state index in [0.717, 1.165) is 37.2 Å². The molecule has 0 radical (unpaired) electrons. The minimum atomic E-state index is -0.00458. The number of anilines is 1. The van der Waals surface area contributed by atoms with Crippen molar-refractivity contribution in [2.45, 2.75) is 83.2 Å². The summed E-state index contributed by atoms with van der Waals surface area (Å²) in [7, 11) is 0. The Labute approximate surface area is 174 Å². The van der Waals surface area contributed by atoms with Gasteiger partial charge < -0.3 is 16.0 Å². The minimum absolute atomic E-state index is 0.00458. The van der Waals surface area contributed by atoms with Crippen molar-refractivity contribution in [2.75, 3.05) is 5.32 Å². The number of carbonyl (C=O) groups is 1. The van der Waals surface area contributed by atoms with Gasteiger partial charge in [0.05, 0.1) is 5.57 Å². The highest BCUT2D eigenvalue weighted by atomic mass is 32.1. The lowest BCUT2D eigenvalue weighted by molar-refractivity contribution is -0.113. The smallest absolute Gasteiger partial charge is 0.166 e. The molecular formula is C23H33N3OS. The van der Waals surface area contributed by atoms with Crippen LogP contribution in [-0.2, 0) is 4.79 Å². The van der Waals surface area contributed by atoms with Crippen LogP contribution in [0.25, 0.3) is 0 Å². The first-order valence-electron chi connectivity index (χ1n) is 10.8. The largest absolute Gasteiger partial charge is 0.368 e. The fourth-order valence-electron chi connectivity index (χ4n) is 4.25. The highest BCUT2D eigenvalue weighted by Gasteiger charge is 2.24. The van der Waals surface area contributed by atoms with E-state index in [0.29, 0.717) is 22.6 Å². The molecule has 2 fully saturated rings. The molecule has 1 aromatic carbocycles. The van der Waals surface area contributed by atoms with E-state index in [1.54, 1.807) is 6.92 Å². The molecular weight excluding hydrogens is 366 g/mol. The van der Waals surface area contributed by atoms with Crippen LogP contribution in [0, 0.1) is 0 Å². The Morgan fingerprint density at radius 3 is 1.82 bits per heavy atom. The lowest BCUT2D eigenvalue weighted by Gasteiger charge is -2.31. The summed E-state index contributed by atoms with van der Waals surface area (Å²) < 4.78 is 0. The van der Waals surface area contributed by atoms with Crippen LogP contribution in [0.3, 0.4) is 0 Å². The fraction of sp³-hybridized carbons (Fsp3) is 0.565. The van der Waals surface area contributed by atoms with Gasteiger partial charge in [0.25, 0.3) is 0 Å². The molecule has 0 atom stereocenters. The first-order valence-corrected chi connectivity index (χ1v) is 11.2. The Kier molecular flexibility index (Phi) is 7.90. The molecule has 3 rings (SSSR count). The van der Waals surface area contributed by atoms with Crippen molar-refractivity contribution in [1.29, 1.82) is 0 Å². The minimum Gasteiger partial charge on any atom is -0.368 e. The summed E-state index contributed by atoms with van der Waals surface area (Å²) in [6.45, 7) is 1.61. The summed E-state index contributed by atoms with van der Waals surface area (Å²) in [6, 6.07) is 10.6. The summed E-state index contributed by atoms with van der Waals surface area (Å²) in [4.78, 5) is 13.1. The second kappa shape index (κ2) is 10.6. The summed E-state index contributed by atoms with van der Waals surface area (Å²) in [6.07, 6.45) is 12.2. The molecule has 0 saturated heterocycles. The SMILES string of the molecule is CC(=O)C(C(=S)Nc1ccccc1)=C(NC1CCCCC1)NC1CCCCC1. The normalized spacial score (nSPS) is 18.2. The van der Waals surface area contributed by atoms with Gasteiger partial charge in [0.1, 0.15) is 10.8 Å². The molecule has 1 aromatic rings. The highest BCUT2D eigenvalue weighted by molar-refractivity contribution is 7.81. The van der Waals surface area contributed by atoms with E-state index in [2.05, 4.69) is 16.0 Å². The zero-order valence-electron chi connectivity index (χ0n) is 16.9. The molecule has 0 unspecified atom stereocenters. The van der Waals surface area contributed by atoms with Crippen LogP contribution in [0.5, 0.6) is 0 Å². The average molecular weight is 400 g/mol. The van der Waals surface area contributed by atoms with Crippen LogP contribution in [0.4, 0.5) is 5.69 Å². The standard InChI is InChI=1S/C23H33N3OS/c1-17(27)21(23(28)26-20-15-9-4-10-16-20)22(24-18-11-5-2-6-12-18)25-19-13-7-3-8-14-19/h4,9-10,15-16,18-19,24-25H,2-3,5-8,11-14H2,1H3,(H,26,28). The van der Waals surface area contributed by atoms with Gasteiger partial charge in [-0.2, -0.15) is 0 Å². The van der Waals surface area contributed by atoms with Crippen molar-refractivity contribution in [3.05, 3.63) is 41.7 Å². The van der Waals surface area contributed by atoms with Crippen LogP contribution >= 0.6 is 12.2 Å². The molecule has 2 aliphatic rings. The number of thiocarbonyl (C=S) groups is 1. The summed E-state index contributed by atoms with van der Waals surface area (Å²) >= 11 is 5.68. The number of hydrogen-bond acceptors (Lipinski definition) is 4. The summed E-state index contributed by atoms with van der Waals surface area (Å²) in [5, 5.41) is 10.6. The predicted octanol–water partition coefficient (Wildman–Crippen LogP) is 5.07. The van der Waals surface area contributed by atoms with Crippen molar-refractivity contribution in [3.63, 3.8) is 0 Å². The van der Waals surface area contributed by atoms with Gasteiger partial charge in [0.15, 0.2) is 5.78 Å². The maximum absolute atomic E-state index is 12.6. The molecule has 28 heavy (non-hydrogen) atoms. The first-order chi connectivity index (χ1) is 13.6. The third-order valence-electron chi connectivity index (χ3n) is 5.77. The molecule has 2 aliphatic carbocycles. The Balaban J connectivity index is 1.84. The van der Waals surface area contributed by atoms with Gasteiger partial charge in [0.2, 0.25) is 0 Å². The van der Waals surface area contributed by atoms with Gasteiger partial charge in [-0.25, -0.2) is 0 Å². The maximum atomic E-state index is 12.6. The van der Waals surface area contributed by atoms with Gasteiger partial charge in [-0.05, 0) is 44.7 Å². The van der Waals surface area contributed by atoms with E-state index < -0.39 is 0 Å². The molecule has 5 heteroatoms. The number of nitrogens with one attached hydrogen (secondary N) is 3. The van der Waals surface area contributed by atoms with Crippen molar-refractivity contribution in [2.24, 2.45) is 0 Å². The molecule has 0 amide bonds. The molecule has 152 valence electrons. The summed E-state index contributed by atoms with van der Waals surface area (Å²) in [5.74, 6) is 0.829. The van der Waals surface area contributed by atoms with E-state index in [1.165, 1.54) is 38.5 Å². The summed E-state index contributed by atoms with van der Waals surface area (Å²) in [5.41, 5.74) is 1.48. The molecule has 2 saturated carbocycles. The van der Waals surface area contributed by atoms with Gasteiger partial charge in [-0.15, -0.1) is 0 Å². The van der Waals surface area contributed by atoms with Crippen LogP contribution < -0.4 is 16.0 Å². The zero-order valence-corrected chi connectivity index (χ0v) is 17.7. The van der Waals surface area contributed by atoms with Gasteiger partial charge in [-0.1, -0.05) is 68.9 Å². The number of Topliss-reactive ketones (excluding diaryl/α,β-unsaturated/α-hetero) is 1. The second-order valence-electron chi connectivity index (χ2n) is 8.08. The number of benzene rings is 1. The zero-order chi connectivity index (χ0) is 19.8. The Bertz CT molecular complexity index is 667. The maximum Gasteiger partial charge on any atom is 0.166 e. The van der Waals surface area contributed by atoms with E-state index in [4.69, 9.17) is 12.2 Å². The number of ketones is 1. The monoisotopic (exact) mass is 399 g/mol. The van der Waals surface area contributed by atoms with Crippen LogP contribution in [-0.4, -0.2) is 22.9 Å². The predicted molar refractivity (Wildman–Crippen MR) is 120 cm³/mol. The Morgan fingerprint density at radius 2 is 1.36 bits per heavy atom. The van der Waals surface area contributed by atoms with Gasteiger partial charge >= 0.3 is 0 Å². The van der Waals surface area contributed by atoms with E-state index in [1.807, 2.05) is 30.3 Å². The van der Waals surface area contributed by atoms with E-state index >= 15 is 0 Å². The van der Waals surface area contributed by atoms with Crippen molar-refractivity contribution < 1.29 is 4.79 Å². The number of carbonyl (C=O) groups excluding carboxylic acids is 1. The van der Waals surface area contributed by atoms with E-state index in [-0.39, 0.29) is 5.78 Å². The number of para-hydroxylation sites is 1. The lowest BCUT2D eigenvalue weighted by atomic mass is 9.94. The topological polar surface area (TPSA) is 53.2 Å². The van der Waals surface area contributed by atoms with Gasteiger partial charge in [-0.3, -0.25) is 4.79 Å². The molecule has 3 N–H and O–H groups in total. The second-order valence-corrected chi connectivity index (χ2v) is 8.49. The van der Waals surface area contributed by atoms with E-state index in [9.17, 15) is 4.79 Å². The molecule has 0 heterocycles. The molecule has 0 aromatic heterocycles. The van der Waals surface area contributed by atoms with Crippen LogP contribution in [0.2, 0.25) is 0 Å². The first kappa shape index (κ1) is 20.8. The third-order valence-corrected chi connectivity index (χ3v) is 6.07. The van der Waals surface area contributed by atoms with Crippen LogP contribution in [0.15, 0.2) is 41.7 Å². The van der Waals surface area contributed by atoms with Crippen molar-refractivity contribution in [3.8, 4) is 0 Å². The number of rotatable bonds is 7. The molecule has 0 bridgehead atoms. The number of hydrogen-bond donors (Lipinski definition) is 3. The van der Waals surface area contributed by atoms with Crippen molar-refractivity contribution >= 4 is 28.7 Å². The lowest BCUT2D eigenvalue weighted by Crippen LogP contribution is -2.43. The fourth-order valence-corrected chi connectivity index (χ4v) is 4.62. The highest BCUT2D eigenvalue weighted by Crippen LogP contribution is 2.22. The Morgan fingerprint density at radius 1 is 0.857 bits per heavy atom. The van der Waals surface area contributed by atoms with Crippen molar-refractivity contribution in [1.82, 2.24) is 10.6 Å². The third kappa shape index (κ3) is 6.06. The molecule has 0 spiro atoms. The molecule has 4 nitrogen and oxygen atoms in total. The quantitative estimate of drug-likeness (QED) is 0.441. The average Bonchev–Trinajstić information content (AvgIpc) is 2.70.